The molecular weight excluding hydrogens is 300 g/mol. The molecule has 0 aliphatic heterocycles. The number of nitrogens with one attached hydrogen (secondary N) is 1. The maximum atomic E-state index is 12.2. The van der Waals surface area contributed by atoms with Crippen molar-refractivity contribution in [3.8, 4) is 5.75 Å². The highest BCUT2D eigenvalue weighted by molar-refractivity contribution is 6.01. The maximum Gasteiger partial charge on any atom is 0.275 e. The lowest BCUT2D eigenvalue weighted by Gasteiger charge is -2.05. The maximum absolute atomic E-state index is 12.2. The second-order valence-corrected chi connectivity index (χ2v) is 5.49. The second-order valence-electron chi connectivity index (χ2n) is 5.49. The van der Waals surface area contributed by atoms with Crippen LogP contribution in [0.5, 0.6) is 5.75 Å². The van der Waals surface area contributed by atoms with Gasteiger partial charge < -0.3 is 5.11 Å². The Bertz CT molecular complexity index is 873. The number of amides is 1. The van der Waals surface area contributed by atoms with Crippen molar-refractivity contribution in [2.75, 3.05) is 0 Å². The minimum atomic E-state index is -0.422. The third-order valence-corrected chi connectivity index (χ3v) is 3.77. The summed E-state index contributed by atoms with van der Waals surface area (Å²) >= 11 is 0. The number of phenolic OH excluding ortho intramolecular Hbond substituents is 1. The van der Waals surface area contributed by atoms with Gasteiger partial charge in [-0.05, 0) is 41.3 Å². The summed E-state index contributed by atoms with van der Waals surface area (Å²) in [6.45, 7) is 0. The highest BCUT2D eigenvalue weighted by atomic mass is 16.3. The minimum Gasteiger partial charge on any atom is -0.507 e. The number of aryl methyl sites for hydroxylation is 1. The van der Waals surface area contributed by atoms with Gasteiger partial charge in [-0.2, -0.15) is 5.10 Å². The molecule has 3 rings (SSSR count). The minimum absolute atomic E-state index is 0.0503. The molecule has 0 aliphatic rings. The summed E-state index contributed by atoms with van der Waals surface area (Å²) in [5.74, 6) is -0.472. The van der Waals surface area contributed by atoms with Gasteiger partial charge in [0, 0.05) is 6.21 Å². The van der Waals surface area contributed by atoms with E-state index in [0.29, 0.717) is 0 Å². The quantitative estimate of drug-likeness (QED) is 0.554. The third-order valence-electron chi connectivity index (χ3n) is 3.77. The molecule has 2 N–H and O–H groups in total. The first-order valence-corrected chi connectivity index (χ1v) is 7.81. The summed E-state index contributed by atoms with van der Waals surface area (Å²) in [7, 11) is 0. The van der Waals surface area contributed by atoms with E-state index in [1.54, 1.807) is 18.3 Å². The Kier molecular flexibility index (Phi) is 4.87. The van der Waals surface area contributed by atoms with Crippen molar-refractivity contribution in [1.82, 2.24) is 5.43 Å². The van der Waals surface area contributed by atoms with Crippen LogP contribution in [0.15, 0.2) is 71.8 Å². The van der Waals surface area contributed by atoms with Crippen LogP contribution in [0, 0.1) is 0 Å². The Hall–Kier alpha value is -3.14. The zero-order valence-electron chi connectivity index (χ0n) is 13.1. The number of aromatic hydroxyl groups is 1. The molecule has 0 aliphatic carbocycles. The Morgan fingerprint density at radius 3 is 2.42 bits per heavy atom. The molecule has 0 radical (unpaired) electrons. The van der Waals surface area contributed by atoms with Crippen molar-refractivity contribution in [2.45, 2.75) is 12.8 Å². The molecule has 24 heavy (non-hydrogen) atoms. The molecule has 4 nitrogen and oxygen atoms in total. The highest BCUT2D eigenvalue weighted by Gasteiger charge is 2.11. The first-order valence-electron chi connectivity index (χ1n) is 7.81. The fourth-order valence-corrected chi connectivity index (χ4v) is 2.52. The molecule has 0 saturated carbocycles. The van der Waals surface area contributed by atoms with Crippen LogP contribution in [0.1, 0.15) is 22.3 Å². The van der Waals surface area contributed by atoms with E-state index >= 15 is 0 Å². The molecule has 0 atom stereocenters. The lowest BCUT2D eigenvalue weighted by atomic mass is 10.1. The van der Waals surface area contributed by atoms with Crippen LogP contribution in [0.25, 0.3) is 10.8 Å². The molecule has 3 aromatic carbocycles. The molecule has 0 saturated heterocycles. The monoisotopic (exact) mass is 318 g/mol. The molecule has 0 fully saturated rings. The van der Waals surface area contributed by atoms with Crippen LogP contribution in [0.4, 0.5) is 0 Å². The Labute approximate surface area is 140 Å². The van der Waals surface area contributed by atoms with E-state index in [4.69, 9.17) is 0 Å². The van der Waals surface area contributed by atoms with Gasteiger partial charge in [0.25, 0.3) is 5.91 Å². The van der Waals surface area contributed by atoms with Gasteiger partial charge in [0.05, 0.1) is 5.56 Å². The summed E-state index contributed by atoms with van der Waals surface area (Å²) in [5.41, 5.74) is 3.90. The predicted octanol–water partition coefficient (Wildman–Crippen LogP) is 3.89. The number of rotatable bonds is 5. The van der Waals surface area contributed by atoms with Gasteiger partial charge in [-0.15, -0.1) is 0 Å². The number of hydrogen-bond acceptors (Lipinski definition) is 3. The number of carbonyl (C=O) groups excluding carboxylic acids is 1. The van der Waals surface area contributed by atoms with E-state index < -0.39 is 5.91 Å². The van der Waals surface area contributed by atoms with Gasteiger partial charge in [0.1, 0.15) is 5.75 Å². The summed E-state index contributed by atoms with van der Waals surface area (Å²) < 4.78 is 0. The summed E-state index contributed by atoms with van der Waals surface area (Å²) in [4.78, 5) is 12.2. The molecule has 0 heterocycles. The average molecular weight is 318 g/mol. The SMILES string of the molecule is O=C(N/N=C\CCc1ccccc1)c1cc2ccccc2cc1O. The topological polar surface area (TPSA) is 61.7 Å². The molecule has 0 unspecified atom stereocenters. The fraction of sp³-hybridized carbons (Fsp3) is 0.100. The standard InChI is InChI=1S/C20H18N2O2/c23-19-14-17-11-5-4-10-16(17)13-18(19)20(24)22-21-12-6-9-15-7-2-1-3-8-15/h1-5,7-8,10-14,23H,6,9H2,(H,22,24)/b21-12-. The number of nitrogens with zero attached hydrogens (tertiary/aromatic N) is 1. The van der Waals surface area contributed by atoms with E-state index in [1.165, 1.54) is 5.56 Å². The number of benzene rings is 3. The molecule has 0 bridgehead atoms. The molecule has 0 aromatic heterocycles. The molecule has 4 heteroatoms. The Morgan fingerprint density at radius 1 is 1.00 bits per heavy atom. The van der Waals surface area contributed by atoms with Gasteiger partial charge in [-0.1, -0.05) is 54.6 Å². The molecule has 1 amide bonds. The smallest absolute Gasteiger partial charge is 0.275 e. The fourth-order valence-electron chi connectivity index (χ4n) is 2.52. The third kappa shape index (κ3) is 3.79. The van der Waals surface area contributed by atoms with E-state index in [-0.39, 0.29) is 11.3 Å². The van der Waals surface area contributed by atoms with Crippen LogP contribution >= 0.6 is 0 Å². The van der Waals surface area contributed by atoms with Crippen molar-refractivity contribution in [3.05, 3.63) is 77.9 Å². The normalized spacial score (nSPS) is 11.0. The van der Waals surface area contributed by atoms with E-state index in [1.807, 2.05) is 42.5 Å². The number of carbonyl (C=O) groups is 1. The van der Waals surface area contributed by atoms with Crippen molar-refractivity contribution < 1.29 is 9.90 Å². The van der Waals surface area contributed by atoms with E-state index in [0.717, 1.165) is 23.6 Å². The van der Waals surface area contributed by atoms with Crippen LogP contribution in [-0.2, 0) is 6.42 Å². The van der Waals surface area contributed by atoms with Gasteiger partial charge in [-0.25, -0.2) is 5.43 Å². The molecule has 120 valence electrons. The highest BCUT2D eigenvalue weighted by Crippen LogP contribution is 2.24. The van der Waals surface area contributed by atoms with Crippen molar-refractivity contribution in [2.24, 2.45) is 5.10 Å². The average Bonchev–Trinajstić information content (AvgIpc) is 2.61. The summed E-state index contributed by atoms with van der Waals surface area (Å²) in [6.07, 6.45) is 3.26. The summed E-state index contributed by atoms with van der Waals surface area (Å²) in [5, 5.41) is 15.7. The molecular formula is C20H18N2O2. The number of fused-ring (bicyclic) bond motifs is 1. The number of hydrogen-bond donors (Lipinski definition) is 2. The lowest BCUT2D eigenvalue weighted by molar-refractivity contribution is 0.0952. The number of phenols is 1. The van der Waals surface area contributed by atoms with Crippen LogP contribution in [0.3, 0.4) is 0 Å². The summed E-state index contributed by atoms with van der Waals surface area (Å²) in [6, 6.07) is 20.9. The molecule has 3 aromatic rings. The predicted molar refractivity (Wildman–Crippen MR) is 96.3 cm³/mol. The van der Waals surface area contributed by atoms with Crippen molar-refractivity contribution in [1.29, 1.82) is 0 Å². The Balaban J connectivity index is 1.60. The lowest BCUT2D eigenvalue weighted by Crippen LogP contribution is -2.17. The first-order chi connectivity index (χ1) is 11.7. The first kappa shape index (κ1) is 15.7. The van der Waals surface area contributed by atoms with Crippen LogP contribution in [-0.4, -0.2) is 17.2 Å². The van der Waals surface area contributed by atoms with Gasteiger partial charge >= 0.3 is 0 Å². The van der Waals surface area contributed by atoms with Crippen molar-refractivity contribution >= 4 is 22.9 Å². The van der Waals surface area contributed by atoms with Gasteiger partial charge in [0.2, 0.25) is 0 Å². The van der Waals surface area contributed by atoms with Crippen LogP contribution < -0.4 is 5.43 Å². The van der Waals surface area contributed by atoms with Crippen molar-refractivity contribution in [3.63, 3.8) is 0 Å². The van der Waals surface area contributed by atoms with Crippen LogP contribution in [0.2, 0.25) is 0 Å². The second kappa shape index (κ2) is 7.42. The van der Waals surface area contributed by atoms with E-state index in [9.17, 15) is 9.90 Å². The zero-order chi connectivity index (χ0) is 16.8. The molecule has 0 spiro atoms. The van der Waals surface area contributed by atoms with Gasteiger partial charge in [0.15, 0.2) is 0 Å². The number of hydrazone groups is 1. The Morgan fingerprint density at radius 2 is 1.67 bits per heavy atom. The largest absolute Gasteiger partial charge is 0.507 e. The van der Waals surface area contributed by atoms with Gasteiger partial charge in [-0.3, -0.25) is 4.79 Å². The zero-order valence-corrected chi connectivity index (χ0v) is 13.1. The van der Waals surface area contributed by atoms with E-state index in [2.05, 4.69) is 22.7 Å².